The Morgan fingerprint density at radius 3 is 2.25 bits per heavy atom. The van der Waals surface area contributed by atoms with Crippen LogP contribution in [0.3, 0.4) is 0 Å². The number of pyridine rings is 1. The van der Waals surface area contributed by atoms with Crippen molar-refractivity contribution >= 4 is 34.5 Å². The lowest BCUT2D eigenvalue weighted by molar-refractivity contribution is -0.318. The number of aliphatic hydroxyl groups excluding tert-OH is 2. The van der Waals surface area contributed by atoms with Crippen molar-refractivity contribution in [3.8, 4) is 0 Å². The topological polar surface area (TPSA) is 279 Å². The molecular formula is C58H94FN5O17. The molecular weight excluding hydrogens is 1060 g/mol. The number of aliphatic hydroxyl groups is 4. The maximum Gasteiger partial charge on any atom is 0.341 e. The van der Waals surface area contributed by atoms with Crippen LogP contribution < -0.4 is 16.1 Å². The number of methoxy groups -OCH3 is 1. The Morgan fingerprint density at radius 1 is 0.938 bits per heavy atom. The summed E-state index contributed by atoms with van der Waals surface area (Å²) in [5.74, 6) is -5.48. The van der Waals surface area contributed by atoms with Gasteiger partial charge in [0.25, 0.3) is 0 Å². The van der Waals surface area contributed by atoms with Crippen LogP contribution in [0.4, 0.5) is 10.1 Å². The molecule has 22 nitrogen and oxygen atoms in total. The van der Waals surface area contributed by atoms with Crippen molar-refractivity contribution in [3.05, 3.63) is 39.9 Å². The van der Waals surface area contributed by atoms with Gasteiger partial charge >= 0.3 is 17.9 Å². The molecule has 1 saturated carbocycles. The molecule has 0 spiro atoms. The summed E-state index contributed by atoms with van der Waals surface area (Å²) < 4.78 is 67.4. The molecule has 0 bridgehead atoms. The lowest BCUT2D eigenvalue weighted by Crippen LogP contribution is -2.61. The number of esters is 2. The number of nitrogens with zero attached hydrogens (tertiary/aromatic N) is 3. The molecule has 81 heavy (non-hydrogen) atoms. The number of aromatic nitrogens is 1. The molecule has 3 aliphatic heterocycles. The molecule has 1 aromatic carbocycles. The van der Waals surface area contributed by atoms with Gasteiger partial charge in [-0.2, -0.15) is 0 Å². The van der Waals surface area contributed by atoms with Crippen molar-refractivity contribution in [1.29, 1.82) is 0 Å². The van der Waals surface area contributed by atoms with Crippen LogP contribution in [-0.2, 0) is 47.5 Å². The molecule has 4 heterocycles. The second kappa shape index (κ2) is 27.8. The van der Waals surface area contributed by atoms with Crippen molar-refractivity contribution in [2.45, 2.75) is 211 Å². The number of hydrogen-bond acceptors (Lipinski definition) is 20. The molecule has 1 aromatic heterocycles. The summed E-state index contributed by atoms with van der Waals surface area (Å²) in [6.45, 7) is 19.2. The highest BCUT2D eigenvalue weighted by atomic mass is 19.1. The van der Waals surface area contributed by atoms with Crippen molar-refractivity contribution in [3.63, 3.8) is 0 Å². The second-order valence-corrected chi connectivity index (χ2v) is 24.3. The number of nitrogens with one attached hydrogen (secondary N) is 2. The third-order valence-electron chi connectivity index (χ3n) is 17.2. The number of carboxylic acid groups (broad SMARTS) is 1. The fraction of sp³-hybridized carbons (Fsp3) is 0.793. The number of aromatic carboxylic acids is 1. The minimum Gasteiger partial charge on any atom is -0.477 e. The first-order valence-corrected chi connectivity index (χ1v) is 28.8. The van der Waals surface area contributed by atoms with Gasteiger partial charge in [0, 0.05) is 75.3 Å². The molecule has 0 amide bonds. The van der Waals surface area contributed by atoms with E-state index in [-0.39, 0.29) is 87.2 Å². The van der Waals surface area contributed by atoms with Crippen LogP contribution in [0.25, 0.3) is 10.9 Å². The van der Waals surface area contributed by atoms with Gasteiger partial charge in [0.1, 0.15) is 40.9 Å². The van der Waals surface area contributed by atoms with Crippen LogP contribution in [0.5, 0.6) is 0 Å². The lowest BCUT2D eigenvalue weighted by atomic mass is 9.77. The standard InChI is InChI=1S/C58H94FN5O17/c1-15-44-58(10,73)50(68)35(6)63(13)29-31(2)27-56(8,72)51(81-55-48(67)43(62(11)12)24-32(3)76-55)33(4)49(34(5)54(71)78-44)80-46-28-57(9,74-14)52(36(7)77-46)79-45(65)18-19-60-20-22-75-23-21-61-41-26-42-38(25-40(41)59)47(66)39(53(69)70)30-64(42)37-16-17-37/h25-26,30-37,43-44,46,48-52,55,60-61,67-68,72-73H,15-24,27-29H2,1-14H3,(H,69,70)/t31-,32-,33+,34-,35-,36+,43+,44-,46+,48-,49+,50-,51-,52+,55+,56-,57-,58-/m1/s1. The van der Waals surface area contributed by atoms with Gasteiger partial charge in [0.2, 0.25) is 5.43 Å². The molecule has 23 heteroatoms. The Morgan fingerprint density at radius 2 is 1.62 bits per heavy atom. The van der Waals surface area contributed by atoms with Crippen LogP contribution in [0.15, 0.2) is 23.1 Å². The molecule has 4 fully saturated rings. The van der Waals surface area contributed by atoms with Gasteiger partial charge in [0.15, 0.2) is 18.7 Å². The normalized spacial score (nSPS) is 36.9. The van der Waals surface area contributed by atoms with Gasteiger partial charge in [-0.1, -0.05) is 20.8 Å². The number of benzene rings is 1. The molecule has 18 atom stereocenters. The first kappa shape index (κ1) is 66.2. The smallest absolute Gasteiger partial charge is 0.341 e. The summed E-state index contributed by atoms with van der Waals surface area (Å²) in [6, 6.07) is 1.71. The van der Waals surface area contributed by atoms with Crippen LogP contribution in [-0.4, -0.2) is 216 Å². The van der Waals surface area contributed by atoms with Gasteiger partial charge in [-0.15, -0.1) is 0 Å². The molecule has 0 radical (unpaired) electrons. The van der Waals surface area contributed by atoms with Crippen LogP contribution in [0.1, 0.15) is 131 Å². The van der Waals surface area contributed by atoms with Gasteiger partial charge in [-0.05, 0) is 120 Å². The Labute approximate surface area is 476 Å². The molecule has 7 N–H and O–H groups in total. The van der Waals surface area contributed by atoms with E-state index in [0.717, 1.165) is 18.9 Å². The Hall–Kier alpha value is -3.95. The predicted octanol–water partition coefficient (Wildman–Crippen LogP) is 4.05. The largest absolute Gasteiger partial charge is 0.477 e. The SMILES string of the molecule is CC[C@H]1OC(=O)[C@H](C)[C@@H](O[C@H]2C[C@@](C)(OC)[C@@H](OC(=O)CCNCCOCCNc3cc4c(cc3F)c(=O)c(C(=O)O)cn4C3CC3)[C@H](C)O2)[C@H](C)[C@@H](O[C@@H]2O[C@H](C)C[C@H](N(C)C)[C@H]2O)[C@](C)(O)C[C@@H](C)CN(C)[C@H](C)[C@@H](O)[C@]1(C)O. The number of carbonyl (C=O) groups is 3. The van der Waals surface area contributed by atoms with E-state index in [1.54, 1.807) is 53.0 Å². The van der Waals surface area contributed by atoms with E-state index in [1.807, 2.05) is 44.8 Å². The fourth-order valence-electron chi connectivity index (χ4n) is 12.3. The summed E-state index contributed by atoms with van der Waals surface area (Å²) in [5.41, 5.74) is -5.21. The maximum absolute atomic E-state index is 15.1. The zero-order chi connectivity index (χ0) is 60.1. The molecule has 2 aromatic rings. The lowest BCUT2D eigenvalue weighted by Gasteiger charge is -2.49. The van der Waals surface area contributed by atoms with Crippen molar-refractivity contribution in [2.24, 2.45) is 17.8 Å². The van der Waals surface area contributed by atoms with E-state index >= 15 is 4.39 Å². The molecule has 1 aliphatic carbocycles. The third-order valence-corrected chi connectivity index (χ3v) is 17.2. The van der Waals surface area contributed by atoms with E-state index < -0.39 is 125 Å². The minimum absolute atomic E-state index is 0.00385. The summed E-state index contributed by atoms with van der Waals surface area (Å²) >= 11 is 0. The number of likely N-dealkylation sites (N-methyl/N-ethyl adjacent to an activating group) is 2. The third kappa shape index (κ3) is 15.9. The number of ether oxygens (including phenoxy) is 8. The summed E-state index contributed by atoms with van der Waals surface area (Å²) in [7, 11) is 7.05. The number of carbonyl (C=O) groups excluding carboxylic acids is 2. The Bertz CT molecular complexity index is 2500. The zero-order valence-electron chi connectivity index (χ0n) is 50.0. The average molecular weight is 1150 g/mol. The monoisotopic (exact) mass is 1150 g/mol. The van der Waals surface area contributed by atoms with Gasteiger partial charge in [-0.25, -0.2) is 9.18 Å². The number of hydrogen-bond donors (Lipinski definition) is 7. The van der Waals surface area contributed by atoms with Crippen molar-refractivity contribution < 1.29 is 82.2 Å². The summed E-state index contributed by atoms with van der Waals surface area (Å²) in [4.78, 5) is 56.4. The molecule has 3 saturated heterocycles. The first-order chi connectivity index (χ1) is 38.0. The quantitative estimate of drug-likeness (QED) is 0.0728. The van der Waals surface area contributed by atoms with E-state index in [9.17, 15) is 44.7 Å². The van der Waals surface area contributed by atoms with Crippen LogP contribution >= 0.6 is 0 Å². The van der Waals surface area contributed by atoms with E-state index in [1.165, 1.54) is 26.3 Å². The van der Waals surface area contributed by atoms with Gasteiger partial charge in [0.05, 0.1) is 66.8 Å². The van der Waals surface area contributed by atoms with Crippen LogP contribution in [0.2, 0.25) is 0 Å². The highest BCUT2D eigenvalue weighted by Crippen LogP contribution is 2.42. The number of cyclic esters (lactones) is 1. The van der Waals surface area contributed by atoms with E-state index in [0.29, 0.717) is 25.0 Å². The Kier molecular flexibility index (Phi) is 22.7. The van der Waals surface area contributed by atoms with E-state index in [4.69, 9.17) is 37.9 Å². The zero-order valence-corrected chi connectivity index (χ0v) is 50.0. The maximum atomic E-state index is 15.1. The minimum atomic E-state index is -1.87. The molecule has 6 rings (SSSR count). The molecule has 460 valence electrons. The number of rotatable bonds is 20. The number of halogens is 1. The number of carboxylic acids is 1. The second-order valence-electron chi connectivity index (χ2n) is 24.3. The van der Waals surface area contributed by atoms with Gasteiger partial charge in [-0.3, -0.25) is 14.4 Å². The van der Waals surface area contributed by atoms with Gasteiger partial charge < -0.3 is 88.4 Å². The van der Waals surface area contributed by atoms with Crippen molar-refractivity contribution in [1.82, 2.24) is 19.7 Å². The van der Waals surface area contributed by atoms with E-state index in [2.05, 4.69) is 10.6 Å². The fourth-order valence-corrected chi connectivity index (χ4v) is 12.3. The van der Waals surface area contributed by atoms with Crippen LogP contribution in [0, 0.1) is 23.6 Å². The summed E-state index contributed by atoms with van der Waals surface area (Å²) in [5, 5.41) is 63.8. The summed E-state index contributed by atoms with van der Waals surface area (Å²) in [6.07, 6.45) is -6.24. The average Bonchev–Trinajstić information content (AvgIpc) is 4.28. The number of anilines is 1. The number of fused-ring (bicyclic) bond motifs is 1. The molecule has 0 unspecified atom stereocenters. The Balaban J connectivity index is 1.10. The van der Waals surface area contributed by atoms with Crippen molar-refractivity contribution in [2.75, 3.05) is 73.0 Å². The first-order valence-electron chi connectivity index (χ1n) is 28.8. The molecule has 4 aliphatic rings. The highest BCUT2D eigenvalue weighted by Gasteiger charge is 2.54. The predicted molar refractivity (Wildman–Crippen MR) is 298 cm³/mol. The highest BCUT2D eigenvalue weighted by molar-refractivity contribution is 5.93.